The van der Waals surface area contributed by atoms with Crippen LogP contribution in [0.1, 0.15) is 11.3 Å². The topological polar surface area (TPSA) is 85.1 Å². The van der Waals surface area contributed by atoms with E-state index >= 15 is 0 Å². The van der Waals surface area contributed by atoms with Gasteiger partial charge in [-0.3, -0.25) is 4.72 Å². The second-order valence-electron chi connectivity index (χ2n) is 4.04. The Morgan fingerprint density at radius 2 is 2.05 bits per heavy atom. The standard InChI is InChI=1S/C11H12FN3O2S2/c1-6-3-8(4-9(13)10(6)12)19(16,17)15-11-14-7(2)5-18-11/h3-5H,13H2,1-2H3,(H,14,15). The van der Waals surface area contributed by atoms with Gasteiger partial charge in [0.15, 0.2) is 5.13 Å². The van der Waals surface area contributed by atoms with Crippen LogP contribution in [0, 0.1) is 19.7 Å². The number of nitrogens with one attached hydrogen (secondary N) is 1. The molecule has 1 aromatic heterocycles. The highest BCUT2D eigenvalue weighted by molar-refractivity contribution is 7.93. The zero-order chi connectivity index (χ0) is 14.2. The summed E-state index contributed by atoms with van der Waals surface area (Å²) in [7, 11) is -3.81. The Hall–Kier alpha value is -1.67. The van der Waals surface area contributed by atoms with Crippen LogP contribution >= 0.6 is 11.3 Å². The monoisotopic (exact) mass is 301 g/mol. The maximum atomic E-state index is 13.4. The van der Waals surface area contributed by atoms with Crippen LogP contribution in [0.5, 0.6) is 0 Å². The van der Waals surface area contributed by atoms with Crippen LogP contribution in [0.25, 0.3) is 0 Å². The van der Waals surface area contributed by atoms with E-state index in [9.17, 15) is 12.8 Å². The van der Waals surface area contributed by atoms with Gasteiger partial charge in [0, 0.05) is 5.38 Å². The number of nitrogens with zero attached hydrogens (tertiary/aromatic N) is 1. The summed E-state index contributed by atoms with van der Waals surface area (Å²) in [6.07, 6.45) is 0. The van der Waals surface area contributed by atoms with Gasteiger partial charge in [0.25, 0.3) is 10.0 Å². The molecule has 0 aliphatic heterocycles. The molecule has 1 heterocycles. The summed E-state index contributed by atoms with van der Waals surface area (Å²) in [5.41, 5.74) is 6.13. The molecule has 5 nitrogen and oxygen atoms in total. The highest BCUT2D eigenvalue weighted by Crippen LogP contribution is 2.24. The first kappa shape index (κ1) is 13.8. The Balaban J connectivity index is 2.40. The van der Waals surface area contributed by atoms with Crippen LogP contribution in [0.4, 0.5) is 15.2 Å². The fraction of sp³-hybridized carbons (Fsp3) is 0.182. The summed E-state index contributed by atoms with van der Waals surface area (Å²) < 4.78 is 39.9. The van der Waals surface area contributed by atoms with Crippen LogP contribution < -0.4 is 10.5 Å². The van der Waals surface area contributed by atoms with Gasteiger partial charge in [0.05, 0.1) is 16.3 Å². The number of nitrogen functional groups attached to an aromatic ring is 1. The number of aryl methyl sites for hydroxylation is 2. The van der Waals surface area contributed by atoms with Gasteiger partial charge in [-0.25, -0.2) is 17.8 Å². The van der Waals surface area contributed by atoms with E-state index in [2.05, 4.69) is 9.71 Å². The Morgan fingerprint density at radius 1 is 1.37 bits per heavy atom. The van der Waals surface area contributed by atoms with Crippen molar-refractivity contribution in [1.29, 1.82) is 0 Å². The molecule has 0 saturated heterocycles. The van der Waals surface area contributed by atoms with E-state index in [1.165, 1.54) is 24.3 Å². The van der Waals surface area contributed by atoms with Gasteiger partial charge in [-0.15, -0.1) is 11.3 Å². The number of anilines is 2. The highest BCUT2D eigenvalue weighted by atomic mass is 32.2. The number of sulfonamides is 1. The maximum Gasteiger partial charge on any atom is 0.263 e. The van der Waals surface area contributed by atoms with Crippen molar-refractivity contribution in [2.24, 2.45) is 0 Å². The third-order valence-corrected chi connectivity index (χ3v) is 4.73. The van der Waals surface area contributed by atoms with Crippen molar-refractivity contribution in [2.45, 2.75) is 18.7 Å². The average Bonchev–Trinajstić information content (AvgIpc) is 2.70. The highest BCUT2D eigenvalue weighted by Gasteiger charge is 2.18. The quantitative estimate of drug-likeness (QED) is 0.852. The smallest absolute Gasteiger partial charge is 0.263 e. The largest absolute Gasteiger partial charge is 0.396 e. The normalized spacial score (nSPS) is 11.5. The second kappa shape index (κ2) is 4.78. The first-order valence-electron chi connectivity index (χ1n) is 5.30. The number of rotatable bonds is 3. The van der Waals surface area contributed by atoms with Gasteiger partial charge in [-0.05, 0) is 31.5 Å². The molecule has 0 aliphatic rings. The lowest BCUT2D eigenvalue weighted by molar-refractivity contribution is 0.599. The van der Waals surface area contributed by atoms with Gasteiger partial charge >= 0.3 is 0 Å². The fourth-order valence-corrected chi connectivity index (χ4v) is 3.55. The van der Waals surface area contributed by atoms with Crippen molar-refractivity contribution in [3.05, 3.63) is 34.6 Å². The molecule has 0 saturated carbocycles. The van der Waals surface area contributed by atoms with E-state index in [1.807, 2.05) is 0 Å². The zero-order valence-corrected chi connectivity index (χ0v) is 11.9. The van der Waals surface area contributed by atoms with Crippen molar-refractivity contribution >= 4 is 32.2 Å². The molecule has 3 N–H and O–H groups in total. The van der Waals surface area contributed by atoms with Gasteiger partial charge in [0.2, 0.25) is 0 Å². The number of nitrogens with two attached hydrogens (primary N) is 1. The first-order chi connectivity index (χ1) is 8.79. The molecular formula is C11H12FN3O2S2. The molecule has 0 aliphatic carbocycles. The van der Waals surface area contributed by atoms with Crippen molar-refractivity contribution in [3.63, 3.8) is 0 Å². The molecule has 2 aromatic rings. The molecule has 0 fully saturated rings. The van der Waals surface area contributed by atoms with Crippen LogP contribution in [0.3, 0.4) is 0 Å². The van der Waals surface area contributed by atoms with E-state index in [1.54, 1.807) is 12.3 Å². The number of hydrogen-bond acceptors (Lipinski definition) is 5. The molecule has 19 heavy (non-hydrogen) atoms. The number of halogens is 1. The van der Waals surface area contributed by atoms with Gasteiger partial charge in [-0.2, -0.15) is 0 Å². The SMILES string of the molecule is Cc1csc(NS(=O)(=O)c2cc(C)c(F)c(N)c2)n1. The summed E-state index contributed by atoms with van der Waals surface area (Å²) in [5, 5.41) is 1.99. The lowest BCUT2D eigenvalue weighted by Crippen LogP contribution is -2.14. The minimum atomic E-state index is -3.81. The molecule has 8 heteroatoms. The minimum Gasteiger partial charge on any atom is -0.396 e. The lowest BCUT2D eigenvalue weighted by Gasteiger charge is -2.08. The summed E-state index contributed by atoms with van der Waals surface area (Å²) in [4.78, 5) is 3.92. The summed E-state index contributed by atoms with van der Waals surface area (Å²) in [6.45, 7) is 3.21. The molecular weight excluding hydrogens is 289 g/mol. The van der Waals surface area contributed by atoms with E-state index in [0.717, 1.165) is 11.8 Å². The van der Waals surface area contributed by atoms with Gasteiger partial charge < -0.3 is 5.73 Å². The molecule has 0 bridgehead atoms. The molecule has 102 valence electrons. The molecule has 0 atom stereocenters. The summed E-state index contributed by atoms with van der Waals surface area (Å²) in [5.74, 6) is -0.607. The number of hydrogen-bond donors (Lipinski definition) is 2. The predicted octanol–water partition coefficient (Wildman–Crippen LogP) is 2.28. The van der Waals surface area contributed by atoms with E-state index in [0.29, 0.717) is 0 Å². The minimum absolute atomic E-state index is 0.0863. The van der Waals surface area contributed by atoms with E-state index in [4.69, 9.17) is 5.73 Å². The van der Waals surface area contributed by atoms with Gasteiger partial charge in [0.1, 0.15) is 5.82 Å². The first-order valence-corrected chi connectivity index (χ1v) is 7.66. The molecule has 2 rings (SSSR count). The van der Waals surface area contributed by atoms with E-state index in [-0.39, 0.29) is 21.3 Å². The van der Waals surface area contributed by atoms with Crippen LogP contribution in [-0.4, -0.2) is 13.4 Å². The third kappa shape index (κ3) is 2.85. The van der Waals surface area contributed by atoms with Crippen molar-refractivity contribution in [1.82, 2.24) is 4.98 Å². The fourth-order valence-electron chi connectivity index (χ4n) is 1.49. The number of aromatic nitrogens is 1. The van der Waals surface area contributed by atoms with Crippen molar-refractivity contribution in [3.8, 4) is 0 Å². The van der Waals surface area contributed by atoms with E-state index < -0.39 is 15.8 Å². The van der Waals surface area contributed by atoms with Crippen LogP contribution in [-0.2, 0) is 10.0 Å². The van der Waals surface area contributed by atoms with Crippen LogP contribution in [0.15, 0.2) is 22.4 Å². The van der Waals surface area contributed by atoms with Crippen molar-refractivity contribution in [2.75, 3.05) is 10.5 Å². The van der Waals surface area contributed by atoms with Crippen molar-refractivity contribution < 1.29 is 12.8 Å². The molecule has 0 amide bonds. The molecule has 0 radical (unpaired) electrons. The molecule has 0 spiro atoms. The third-order valence-electron chi connectivity index (χ3n) is 2.41. The zero-order valence-electron chi connectivity index (χ0n) is 10.3. The Bertz CT molecular complexity index is 702. The maximum absolute atomic E-state index is 13.4. The second-order valence-corrected chi connectivity index (χ2v) is 6.58. The Morgan fingerprint density at radius 3 is 2.58 bits per heavy atom. The average molecular weight is 301 g/mol. The molecule has 0 unspecified atom stereocenters. The lowest BCUT2D eigenvalue weighted by atomic mass is 10.2. The summed E-state index contributed by atoms with van der Waals surface area (Å²) in [6, 6.07) is 2.32. The summed E-state index contributed by atoms with van der Waals surface area (Å²) >= 11 is 1.18. The molecule has 1 aromatic carbocycles. The van der Waals surface area contributed by atoms with Crippen LogP contribution in [0.2, 0.25) is 0 Å². The predicted molar refractivity (Wildman–Crippen MR) is 73.2 cm³/mol. The number of benzene rings is 1. The van der Waals surface area contributed by atoms with Gasteiger partial charge in [-0.1, -0.05) is 0 Å². The Kier molecular flexibility index (Phi) is 3.46. The Labute approximate surface area is 114 Å². The number of thiazole rings is 1.